The summed E-state index contributed by atoms with van der Waals surface area (Å²) in [6, 6.07) is 4.62. The molecular formula is C16H19F2NO3. The molecule has 120 valence electrons. The van der Waals surface area contributed by atoms with Crippen molar-refractivity contribution in [1.29, 1.82) is 0 Å². The Morgan fingerprint density at radius 2 is 2.00 bits per heavy atom. The lowest BCUT2D eigenvalue weighted by atomic mass is 9.99. The first-order chi connectivity index (χ1) is 10.3. The highest BCUT2D eigenvalue weighted by Gasteiger charge is 2.34. The van der Waals surface area contributed by atoms with E-state index in [1.54, 1.807) is 19.1 Å². The van der Waals surface area contributed by atoms with Gasteiger partial charge in [-0.15, -0.1) is 0 Å². The number of carboxylic acids is 1. The highest BCUT2D eigenvalue weighted by molar-refractivity contribution is 5.95. The van der Waals surface area contributed by atoms with Crippen LogP contribution in [0.1, 0.15) is 48.0 Å². The predicted molar refractivity (Wildman–Crippen MR) is 78.3 cm³/mol. The molecule has 0 spiro atoms. The van der Waals surface area contributed by atoms with E-state index < -0.39 is 17.8 Å². The van der Waals surface area contributed by atoms with Gasteiger partial charge in [0.25, 0.3) is 0 Å². The van der Waals surface area contributed by atoms with Gasteiger partial charge in [-0.2, -0.15) is 0 Å². The quantitative estimate of drug-likeness (QED) is 0.833. The van der Waals surface area contributed by atoms with Crippen LogP contribution in [-0.4, -0.2) is 22.9 Å². The van der Waals surface area contributed by atoms with E-state index in [9.17, 15) is 18.4 Å². The molecule has 2 N–H and O–H groups in total. The van der Waals surface area contributed by atoms with Crippen molar-refractivity contribution in [3.8, 4) is 0 Å². The third kappa shape index (κ3) is 4.02. The molecule has 22 heavy (non-hydrogen) atoms. The monoisotopic (exact) mass is 311 g/mol. The molecule has 1 aliphatic carbocycles. The third-order valence-corrected chi connectivity index (χ3v) is 4.06. The SMILES string of the molecule is Cc1ccc(NC(=O)C2CCCC(F)(F)CC2)cc1C(=O)O. The summed E-state index contributed by atoms with van der Waals surface area (Å²) in [5.74, 6) is -4.53. The second kappa shape index (κ2) is 6.42. The van der Waals surface area contributed by atoms with Gasteiger partial charge in [-0.1, -0.05) is 6.07 Å². The van der Waals surface area contributed by atoms with E-state index in [1.165, 1.54) is 6.07 Å². The highest BCUT2D eigenvalue weighted by atomic mass is 19.3. The van der Waals surface area contributed by atoms with E-state index in [0.29, 0.717) is 24.1 Å². The third-order valence-electron chi connectivity index (χ3n) is 4.06. The molecule has 1 amide bonds. The average Bonchev–Trinajstić information content (AvgIpc) is 2.61. The fraction of sp³-hybridized carbons (Fsp3) is 0.500. The van der Waals surface area contributed by atoms with Crippen LogP contribution in [0.5, 0.6) is 0 Å². The van der Waals surface area contributed by atoms with E-state index in [1.807, 2.05) is 0 Å². The zero-order chi connectivity index (χ0) is 16.3. The topological polar surface area (TPSA) is 66.4 Å². The number of carbonyl (C=O) groups excluding carboxylic acids is 1. The maximum absolute atomic E-state index is 13.3. The first-order valence-electron chi connectivity index (χ1n) is 7.31. The molecule has 4 nitrogen and oxygen atoms in total. The van der Waals surface area contributed by atoms with Crippen LogP contribution in [0.25, 0.3) is 0 Å². The number of carbonyl (C=O) groups is 2. The summed E-state index contributed by atoms with van der Waals surface area (Å²) in [5, 5.41) is 11.7. The molecule has 1 aromatic rings. The van der Waals surface area contributed by atoms with Crippen molar-refractivity contribution in [2.24, 2.45) is 5.92 Å². The summed E-state index contributed by atoms with van der Waals surface area (Å²) >= 11 is 0. The first-order valence-corrected chi connectivity index (χ1v) is 7.31. The number of halogens is 2. The lowest BCUT2D eigenvalue weighted by Crippen LogP contribution is -2.23. The Bertz CT molecular complexity index is 587. The van der Waals surface area contributed by atoms with Crippen LogP contribution < -0.4 is 5.32 Å². The maximum atomic E-state index is 13.3. The van der Waals surface area contributed by atoms with E-state index in [0.717, 1.165) is 0 Å². The maximum Gasteiger partial charge on any atom is 0.336 e. The van der Waals surface area contributed by atoms with Gasteiger partial charge in [0.05, 0.1) is 5.56 Å². The van der Waals surface area contributed by atoms with Crippen LogP contribution in [-0.2, 0) is 4.79 Å². The molecule has 1 fully saturated rings. The standard InChI is InChI=1S/C16H19F2NO3/c1-10-4-5-12(9-13(10)15(21)22)19-14(20)11-3-2-7-16(17,18)8-6-11/h4-5,9,11H,2-3,6-8H2,1H3,(H,19,20)(H,21,22). The van der Waals surface area contributed by atoms with Gasteiger partial charge in [0.2, 0.25) is 11.8 Å². The molecule has 1 aromatic carbocycles. The number of rotatable bonds is 3. The number of hydrogen-bond acceptors (Lipinski definition) is 2. The number of hydrogen-bond donors (Lipinski definition) is 2. The fourth-order valence-corrected chi connectivity index (χ4v) is 2.70. The minimum Gasteiger partial charge on any atom is -0.478 e. The minimum atomic E-state index is -2.69. The van der Waals surface area contributed by atoms with Crippen molar-refractivity contribution in [3.05, 3.63) is 29.3 Å². The Balaban J connectivity index is 2.06. The lowest BCUT2D eigenvalue weighted by Gasteiger charge is -2.15. The second-order valence-electron chi connectivity index (χ2n) is 5.81. The molecule has 0 bridgehead atoms. The minimum absolute atomic E-state index is 0.116. The Hall–Kier alpha value is -1.98. The molecule has 1 atom stereocenters. The van der Waals surface area contributed by atoms with Crippen molar-refractivity contribution in [2.45, 2.75) is 45.0 Å². The zero-order valence-electron chi connectivity index (χ0n) is 12.4. The average molecular weight is 311 g/mol. The van der Waals surface area contributed by atoms with E-state index in [2.05, 4.69) is 5.32 Å². The van der Waals surface area contributed by atoms with Crippen LogP contribution in [0.4, 0.5) is 14.5 Å². The summed E-state index contributed by atoms with van der Waals surface area (Å²) < 4.78 is 26.6. The summed E-state index contributed by atoms with van der Waals surface area (Å²) in [5.41, 5.74) is 1.09. The van der Waals surface area contributed by atoms with Gasteiger partial charge in [-0.3, -0.25) is 4.79 Å². The Kier molecular flexibility index (Phi) is 4.78. The van der Waals surface area contributed by atoms with Gasteiger partial charge in [-0.05, 0) is 43.9 Å². The van der Waals surface area contributed by atoms with Crippen molar-refractivity contribution in [1.82, 2.24) is 0 Å². The molecule has 1 saturated carbocycles. The van der Waals surface area contributed by atoms with Crippen LogP contribution in [0.2, 0.25) is 0 Å². The van der Waals surface area contributed by atoms with Crippen LogP contribution in [0.15, 0.2) is 18.2 Å². The summed E-state index contributed by atoms with van der Waals surface area (Å²) in [6.45, 7) is 1.67. The lowest BCUT2D eigenvalue weighted by molar-refractivity contribution is -0.120. The van der Waals surface area contributed by atoms with Gasteiger partial charge in [-0.25, -0.2) is 13.6 Å². The number of nitrogens with one attached hydrogen (secondary N) is 1. The Morgan fingerprint density at radius 3 is 2.68 bits per heavy atom. The number of anilines is 1. The number of amides is 1. The smallest absolute Gasteiger partial charge is 0.336 e. The molecule has 0 heterocycles. The number of aryl methyl sites for hydroxylation is 1. The van der Waals surface area contributed by atoms with Crippen LogP contribution >= 0.6 is 0 Å². The normalized spacial score (nSPS) is 21.0. The Labute approximate surface area is 127 Å². The van der Waals surface area contributed by atoms with E-state index in [-0.39, 0.29) is 30.7 Å². The van der Waals surface area contributed by atoms with Gasteiger partial charge < -0.3 is 10.4 Å². The van der Waals surface area contributed by atoms with Crippen molar-refractivity contribution in [3.63, 3.8) is 0 Å². The summed E-state index contributed by atoms with van der Waals surface area (Å²) in [7, 11) is 0. The number of aromatic carboxylic acids is 1. The van der Waals surface area contributed by atoms with Crippen LogP contribution in [0, 0.1) is 12.8 Å². The molecule has 0 aliphatic heterocycles. The molecule has 0 aromatic heterocycles. The molecule has 6 heteroatoms. The first kappa shape index (κ1) is 16.4. The zero-order valence-corrected chi connectivity index (χ0v) is 12.4. The van der Waals surface area contributed by atoms with Gasteiger partial charge in [0.15, 0.2) is 0 Å². The van der Waals surface area contributed by atoms with Gasteiger partial charge >= 0.3 is 5.97 Å². The van der Waals surface area contributed by atoms with Crippen molar-refractivity contribution in [2.75, 3.05) is 5.32 Å². The van der Waals surface area contributed by atoms with Gasteiger partial charge in [0.1, 0.15) is 0 Å². The Morgan fingerprint density at radius 1 is 1.27 bits per heavy atom. The largest absolute Gasteiger partial charge is 0.478 e. The van der Waals surface area contributed by atoms with E-state index >= 15 is 0 Å². The molecule has 1 unspecified atom stereocenters. The number of benzene rings is 1. The highest BCUT2D eigenvalue weighted by Crippen LogP contribution is 2.34. The molecular weight excluding hydrogens is 292 g/mol. The van der Waals surface area contributed by atoms with E-state index in [4.69, 9.17) is 5.11 Å². The molecule has 0 radical (unpaired) electrons. The van der Waals surface area contributed by atoms with Crippen LogP contribution in [0.3, 0.4) is 0 Å². The molecule has 2 rings (SSSR count). The van der Waals surface area contributed by atoms with Gasteiger partial charge in [0, 0.05) is 24.4 Å². The fourth-order valence-electron chi connectivity index (χ4n) is 2.70. The molecule has 0 saturated heterocycles. The molecule has 1 aliphatic rings. The van der Waals surface area contributed by atoms with Crippen molar-refractivity contribution < 1.29 is 23.5 Å². The predicted octanol–water partition coefficient (Wildman–Crippen LogP) is 3.85. The second-order valence-corrected chi connectivity index (χ2v) is 5.81. The van der Waals surface area contributed by atoms with Crippen molar-refractivity contribution >= 4 is 17.6 Å². The number of carboxylic acid groups (broad SMARTS) is 1. The summed E-state index contributed by atoms with van der Waals surface area (Å²) in [4.78, 5) is 23.3. The summed E-state index contributed by atoms with van der Waals surface area (Å²) in [6.07, 6.45) is 0.443. The number of alkyl halides is 2.